The lowest BCUT2D eigenvalue weighted by Gasteiger charge is -2.15. The maximum Gasteiger partial charge on any atom is 0.265 e. The van der Waals surface area contributed by atoms with E-state index in [1.807, 2.05) is 0 Å². The van der Waals surface area contributed by atoms with Gasteiger partial charge in [0.05, 0.1) is 0 Å². The van der Waals surface area contributed by atoms with Crippen LogP contribution in [0.4, 0.5) is 0 Å². The summed E-state index contributed by atoms with van der Waals surface area (Å²) in [6.45, 7) is 1.51. The first kappa shape index (κ1) is 15.3. The third-order valence-electron chi connectivity index (χ3n) is 2.09. The number of carbonyl (C=O) groups is 1. The van der Waals surface area contributed by atoms with Gasteiger partial charge in [-0.25, -0.2) is 8.42 Å². The van der Waals surface area contributed by atoms with E-state index in [1.165, 1.54) is 26.1 Å². The van der Waals surface area contributed by atoms with Gasteiger partial charge in [0, 0.05) is 22.2 Å². The molecule has 0 saturated heterocycles. The van der Waals surface area contributed by atoms with Gasteiger partial charge >= 0.3 is 0 Å². The molecule has 0 fully saturated rings. The summed E-state index contributed by atoms with van der Waals surface area (Å²) in [5.41, 5.74) is 0. The van der Waals surface area contributed by atoms with Crippen LogP contribution in [0.1, 0.15) is 6.92 Å². The molecule has 0 aliphatic carbocycles. The molecule has 0 aromatic heterocycles. The third kappa shape index (κ3) is 3.86. The zero-order valence-electron chi connectivity index (χ0n) is 9.61. The summed E-state index contributed by atoms with van der Waals surface area (Å²) in [6.07, 6.45) is -0.826. The number of hydrogen-bond acceptors (Lipinski definition) is 4. The van der Waals surface area contributed by atoms with E-state index in [4.69, 9.17) is 15.4 Å². The van der Waals surface area contributed by atoms with Crippen molar-refractivity contribution in [1.29, 1.82) is 0 Å². The quantitative estimate of drug-likeness (QED) is 0.836. The van der Waals surface area contributed by atoms with Gasteiger partial charge in [0.1, 0.15) is 10.6 Å². The van der Waals surface area contributed by atoms with E-state index in [2.05, 4.69) is 21.2 Å². The third-order valence-corrected chi connectivity index (χ3v) is 3.92. The Labute approximate surface area is 118 Å². The lowest BCUT2D eigenvalue weighted by Crippen LogP contribution is -2.33. The van der Waals surface area contributed by atoms with Crippen molar-refractivity contribution in [3.63, 3.8) is 0 Å². The molecule has 0 heterocycles. The molecule has 1 atom stereocenters. The molecule has 0 spiro atoms. The first-order chi connectivity index (χ1) is 8.25. The van der Waals surface area contributed by atoms with Crippen LogP contribution in [0.2, 0.25) is 0 Å². The second-order valence-electron chi connectivity index (χ2n) is 3.40. The minimum atomic E-state index is -3.95. The summed E-state index contributed by atoms with van der Waals surface area (Å²) in [4.78, 5) is 11.1. The molecule has 1 amide bonds. The fourth-order valence-electron chi connectivity index (χ4n) is 1.22. The fourth-order valence-corrected chi connectivity index (χ4v) is 2.72. The number of ether oxygens (including phenoxy) is 1. The Balaban J connectivity index is 3.14. The van der Waals surface area contributed by atoms with Crippen LogP contribution in [-0.2, 0) is 13.8 Å². The minimum absolute atomic E-state index is 0.0318. The number of nitrogens with one attached hydrogen (secondary N) is 1. The monoisotopic (exact) mass is 355 g/mol. The molecule has 0 saturated carbocycles. The molecule has 0 radical (unpaired) electrons. The molecule has 1 aromatic carbocycles. The smallest absolute Gasteiger partial charge is 0.265 e. The van der Waals surface area contributed by atoms with E-state index in [1.54, 1.807) is 6.07 Å². The lowest BCUT2D eigenvalue weighted by molar-refractivity contribution is -0.126. The Morgan fingerprint density at radius 1 is 1.50 bits per heavy atom. The van der Waals surface area contributed by atoms with Gasteiger partial charge in [-0.05, 0) is 25.1 Å². The van der Waals surface area contributed by atoms with Crippen LogP contribution in [0.5, 0.6) is 5.75 Å². The second kappa shape index (κ2) is 5.90. The number of halogens is 2. The normalized spacial score (nSPS) is 12.9. The van der Waals surface area contributed by atoms with E-state index in [0.29, 0.717) is 4.47 Å². The predicted octanol–water partition coefficient (Wildman–Crippen LogP) is 1.89. The molecule has 18 heavy (non-hydrogen) atoms. The Morgan fingerprint density at radius 3 is 2.61 bits per heavy atom. The van der Waals surface area contributed by atoms with Crippen LogP contribution in [0, 0.1) is 0 Å². The van der Waals surface area contributed by atoms with Crippen molar-refractivity contribution in [2.75, 3.05) is 7.05 Å². The van der Waals surface area contributed by atoms with E-state index in [9.17, 15) is 13.2 Å². The highest BCUT2D eigenvalue weighted by atomic mass is 79.9. The Morgan fingerprint density at radius 2 is 2.11 bits per heavy atom. The summed E-state index contributed by atoms with van der Waals surface area (Å²) in [5.74, 6) is -0.333. The van der Waals surface area contributed by atoms with E-state index in [-0.39, 0.29) is 16.6 Å². The largest absolute Gasteiger partial charge is 0.479 e. The van der Waals surface area contributed by atoms with Crippen molar-refractivity contribution < 1.29 is 17.9 Å². The van der Waals surface area contributed by atoms with E-state index in [0.717, 1.165) is 0 Å². The van der Waals surface area contributed by atoms with Crippen LogP contribution in [0.25, 0.3) is 0 Å². The first-order valence-electron chi connectivity index (χ1n) is 4.88. The van der Waals surface area contributed by atoms with Gasteiger partial charge in [-0.3, -0.25) is 4.79 Å². The van der Waals surface area contributed by atoms with Crippen molar-refractivity contribution in [2.24, 2.45) is 0 Å². The van der Waals surface area contributed by atoms with Gasteiger partial charge < -0.3 is 10.1 Å². The fraction of sp³-hybridized carbons (Fsp3) is 0.300. The van der Waals surface area contributed by atoms with Gasteiger partial charge in [-0.1, -0.05) is 15.9 Å². The molecule has 1 unspecified atom stereocenters. The van der Waals surface area contributed by atoms with E-state index >= 15 is 0 Å². The summed E-state index contributed by atoms with van der Waals surface area (Å²) < 4.78 is 28.6. The maximum atomic E-state index is 11.4. The number of carbonyl (C=O) groups excluding carboxylic acids is 1. The molecule has 100 valence electrons. The molecular formula is C10H11BrClNO4S. The SMILES string of the molecule is CNC(=O)C(C)Oc1ccc(Br)cc1S(=O)(=O)Cl. The minimum Gasteiger partial charge on any atom is -0.479 e. The number of hydrogen-bond donors (Lipinski definition) is 1. The van der Waals surface area contributed by atoms with Crippen molar-refractivity contribution >= 4 is 41.6 Å². The lowest BCUT2D eigenvalue weighted by atomic mass is 10.3. The van der Waals surface area contributed by atoms with Crippen LogP contribution in [0.3, 0.4) is 0 Å². The molecule has 8 heteroatoms. The van der Waals surface area contributed by atoms with Crippen LogP contribution in [0.15, 0.2) is 27.6 Å². The molecule has 1 aromatic rings. The molecule has 1 N–H and O–H groups in total. The van der Waals surface area contributed by atoms with Gasteiger partial charge in [0.2, 0.25) is 0 Å². The summed E-state index contributed by atoms with van der Waals surface area (Å²) in [6, 6.07) is 4.34. The standard InChI is InChI=1S/C10H11BrClNO4S/c1-6(10(14)13-2)17-8-4-3-7(11)5-9(8)18(12,15)16/h3-6H,1-2H3,(H,13,14). The van der Waals surface area contributed by atoms with Crippen molar-refractivity contribution in [1.82, 2.24) is 5.32 Å². The Bertz CT molecular complexity index is 561. The van der Waals surface area contributed by atoms with Gasteiger partial charge in [-0.2, -0.15) is 0 Å². The molecule has 0 aliphatic heterocycles. The van der Waals surface area contributed by atoms with Crippen molar-refractivity contribution in [3.8, 4) is 5.75 Å². The second-order valence-corrected chi connectivity index (χ2v) is 6.85. The summed E-state index contributed by atoms with van der Waals surface area (Å²) in [7, 11) is 2.82. The van der Waals surface area contributed by atoms with E-state index < -0.39 is 15.2 Å². The molecule has 0 bridgehead atoms. The molecular weight excluding hydrogens is 346 g/mol. The predicted molar refractivity (Wildman–Crippen MR) is 71.3 cm³/mol. The number of benzene rings is 1. The van der Waals surface area contributed by atoms with Crippen LogP contribution >= 0.6 is 26.6 Å². The van der Waals surface area contributed by atoms with Gasteiger partial charge in [0.25, 0.3) is 15.0 Å². The number of amides is 1. The Kier molecular flexibility index (Phi) is 5.01. The van der Waals surface area contributed by atoms with Gasteiger partial charge in [-0.15, -0.1) is 0 Å². The topological polar surface area (TPSA) is 72.5 Å². The zero-order chi connectivity index (χ0) is 13.9. The average molecular weight is 357 g/mol. The van der Waals surface area contributed by atoms with Crippen molar-refractivity contribution in [2.45, 2.75) is 17.9 Å². The molecule has 0 aliphatic rings. The highest BCUT2D eigenvalue weighted by Crippen LogP contribution is 2.30. The number of likely N-dealkylation sites (N-methyl/N-ethyl adjacent to an activating group) is 1. The van der Waals surface area contributed by atoms with Crippen LogP contribution in [-0.4, -0.2) is 27.5 Å². The highest BCUT2D eigenvalue weighted by molar-refractivity contribution is 9.10. The maximum absolute atomic E-state index is 11.4. The number of rotatable bonds is 4. The molecule has 1 rings (SSSR count). The highest BCUT2D eigenvalue weighted by Gasteiger charge is 2.21. The average Bonchev–Trinajstić information content (AvgIpc) is 2.28. The van der Waals surface area contributed by atoms with Crippen LogP contribution < -0.4 is 10.1 Å². The molecule has 5 nitrogen and oxygen atoms in total. The van der Waals surface area contributed by atoms with Crippen molar-refractivity contribution in [3.05, 3.63) is 22.7 Å². The summed E-state index contributed by atoms with van der Waals surface area (Å²) in [5, 5.41) is 2.40. The van der Waals surface area contributed by atoms with Gasteiger partial charge in [0.15, 0.2) is 6.10 Å². The Hall–Kier alpha value is -0.790. The first-order valence-corrected chi connectivity index (χ1v) is 7.98. The summed E-state index contributed by atoms with van der Waals surface area (Å²) >= 11 is 3.14. The zero-order valence-corrected chi connectivity index (χ0v) is 12.8.